The third kappa shape index (κ3) is 2.99. The van der Waals surface area contributed by atoms with E-state index in [2.05, 4.69) is 15.9 Å². The molecule has 0 aromatic carbocycles. The highest BCUT2D eigenvalue weighted by Crippen LogP contribution is 2.30. The number of hydrogen-bond donors (Lipinski definition) is 1. The first-order chi connectivity index (χ1) is 6.29. The van der Waals surface area contributed by atoms with Crippen molar-refractivity contribution < 1.29 is 9.53 Å². The largest absolute Gasteiger partial charge is 0.456 e. The number of ether oxygens (including phenoxy) is 1. The molecule has 0 aliphatic heterocycles. The van der Waals surface area contributed by atoms with Gasteiger partial charge in [0.15, 0.2) is 0 Å². The van der Waals surface area contributed by atoms with E-state index in [-0.39, 0.29) is 5.97 Å². The molecule has 2 N–H and O–H groups in total. The summed E-state index contributed by atoms with van der Waals surface area (Å²) in [5.74, 6) is -0.370. The van der Waals surface area contributed by atoms with Gasteiger partial charge in [0, 0.05) is 0 Å². The summed E-state index contributed by atoms with van der Waals surface area (Å²) in [7, 11) is 0. The summed E-state index contributed by atoms with van der Waals surface area (Å²) in [6.45, 7) is 5.47. The Bertz CT molecular complexity index is 354. The lowest BCUT2D eigenvalue weighted by atomic mass is 10.2. The van der Waals surface area contributed by atoms with Crippen LogP contribution in [0.25, 0.3) is 0 Å². The van der Waals surface area contributed by atoms with Crippen molar-refractivity contribution >= 4 is 38.9 Å². The van der Waals surface area contributed by atoms with Crippen molar-refractivity contribution in [3.05, 3.63) is 14.7 Å². The summed E-state index contributed by atoms with van der Waals surface area (Å²) in [5, 5.41) is 0. The summed E-state index contributed by atoms with van der Waals surface area (Å²) in [5.41, 5.74) is 5.61. The summed E-state index contributed by atoms with van der Waals surface area (Å²) < 4.78 is 6.02. The summed E-state index contributed by atoms with van der Waals surface area (Å²) in [6, 6.07) is 1.70. The second kappa shape index (κ2) is 3.90. The molecular formula is C9H12BrNO2S. The standard InChI is InChI=1S/C9H12BrNO2S/c1-9(2,3)13-8(12)7-5(11)4-6(10)14-7/h4H,11H2,1-3H3. The van der Waals surface area contributed by atoms with Crippen LogP contribution in [0.3, 0.4) is 0 Å². The van der Waals surface area contributed by atoms with Crippen LogP contribution in [-0.2, 0) is 4.74 Å². The SMILES string of the molecule is CC(C)(C)OC(=O)c1sc(Br)cc1N. The van der Waals surface area contributed by atoms with Crippen molar-refractivity contribution in [3.63, 3.8) is 0 Å². The van der Waals surface area contributed by atoms with Gasteiger partial charge in [0.05, 0.1) is 9.47 Å². The van der Waals surface area contributed by atoms with Crippen LogP contribution >= 0.6 is 27.3 Å². The van der Waals surface area contributed by atoms with Gasteiger partial charge in [-0.25, -0.2) is 4.79 Å². The zero-order chi connectivity index (χ0) is 10.9. The minimum atomic E-state index is -0.486. The number of nitrogen functional groups attached to an aromatic ring is 1. The van der Waals surface area contributed by atoms with Crippen molar-refractivity contribution in [2.75, 3.05) is 5.73 Å². The van der Waals surface area contributed by atoms with E-state index < -0.39 is 5.60 Å². The maximum atomic E-state index is 11.6. The van der Waals surface area contributed by atoms with Crippen LogP contribution < -0.4 is 5.73 Å². The van der Waals surface area contributed by atoms with Gasteiger partial charge in [0.25, 0.3) is 0 Å². The van der Waals surface area contributed by atoms with Crippen LogP contribution in [0, 0.1) is 0 Å². The highest BCUT2D eigenvalue weighted by atomic mass is 79.9. The Morgan fingerprint density at radius 3 is 2.50 bits per heavy atom. The molecule has 0 spiro atoms. The van der Waals surface area contributed by atoms with E-state index in [4.69, 9.17) is 10.5 Å². The maximum Gasteiger partial charge on any atom is 0.351 e. The number of thiophene rings is 1. The van der Waals surface area contributed by atoms with Crippen LogP contribution in [0.4, 0.5) is 5.69 Å². The highest BCUT2D eigenvalue weighted by Gasteiger charge is 2.21. The molecule has 3 nitrogen and oxygen atoms in total. The van der Waals surface area contributed by atoms with E-state index in [1.807, 2.05) is 20.8 Å². The molecule has 78 valence electrons. The molecule has 0 fully saturated rings. The Hall–Kier alpha value is -0.550. The first-order valence-electron chi connectivity index (χ1n) is 4.08. The molecule has 0 amide bonds. The number of esters is 1. The van der Waals surface area contributed by atoms with Gasteiger partial charge < -0.3 is 10.5 Å². The lowest BCUT2D eigenvalue weighted by Gasteiger charge is -2.18. The van der Waals surface area contributed by atoms with Gasteiger partial charge in [-0.2, -0.15) is 0 Å². The molecular weight excluding hydrogens is 266 g/mol. The number of anilines is 1. The molecule has 0 bridgehead atoms. The minimum Gasteiger partial charge on any atom is -0.456 e. The van der Waals surface area contributed by atoms with Gasteiger partial charge >= 0.3 is 5.97 Å². The number of carbonyl (C=O) groups excluding carboxylic acids is 1. The predicted molar refractivity (Wildman–Crippen MR) is 61.6 cm³/mol. The van der Waals surface area contributed by atoms with Gasteiger partial charge in [0.2, 0.25) is 0 Å². The van der Waals surface area contributed by atoms with Crippen LogP contribution in [-0.4, -0.2) is 11.6 Å². The molecule has 1 heterocycles. The molecule has 14 heavy (non-hydrogen) atoms. The van der Waals surface area contributed by atoms with E-state index in [1.54, 1.807) is 6.07 Å². The number of nitrogens with two attached hydrogens (primary N) is 1. The summed E-state index contributed by atoms with van der Waals surface area (Å²) >= 11 is 4.54. The van der Waals surface area contributed by atoms with E-state index in [0.29, 0.717) is 10.6 Å². The average molecular weight is 278 g/mol. The van der Waals surface area contributed by atoms with E-state index in [0.717, 1.165) is 3.79 Å². The number of carbonyl (C=O) groups is 1. The second-order valence-corrected chi connectivity index (χ2v) is 6.27. The Balaban J connectivity index is 2.85. The number of rotatable bonds is 1. The van der Waals surface area contributed by atoms with Crippen molar-refractivity contribution in [1.29, 1.82) is 0 Å². The van der Waals surface area contributed by atoms with Gasteiger partial charge in [-0.1, -0.05) is 0 Å². The van der Waals surface area contributed by atoms with Crippen molar-refractivity contribution in [2.45, 2.75) is 26.4 Å². The van der Waals surface area contributed by atoms with Crippen LogP contribution in [0.15, 0.2) is 9.85 Å². The van der Waals surface area contributed by atoms with Crippen molar-refractivity contribution in [2.24, 2.45) is 0 Å². The van der Waals surface area contributed by atoms with Crippen molar-refractivity contribution in [1.82, 2.24) is 0 Å². The molecule has 1 aromatic rings. The van der Waals surface area contributed by atoms with Crippen LogP contribution in [0.5, 0.6) is 0 Å². The molecule has 0 unspecified atom stereocenters. The zero-order valence-corrected chi connectivity index (χ0v) is 10.7. The fourth-order valence-corrected chi connectivity index (χ4v) is 2.27. The predicted octanol–water partition coefficient (Wildman–Crippen LogP) is 3.05. The Kier molecular flexibility index (Phi) is 3.21. The third-order valence-corrected chi connectivity index (χ3v) is 2.95. The smallest absolute Gasteiger partial charge is 0.351 e. The maximum absolute atomic E-state index is 11.6. The summed E-state index contributed by atoms with van der Waals surface area (Å²) in [6.07, 6.45) is 0. The fraction of sp³-hybridized carbons (Fsp3) is 0.444. The normalized spacial score (nSPS) is 11.4. The first-order valence-corrected chi connectivity index (χ1v) is 5.69. The van der Waals surface area contributed by atoms with E-state index in [1.165, 1.54) is 11.3 Å². The molecule has 1 rings (SSSR count). The Morgan fingerprint density at radius 2 is 2.14 bits per heavy atom. The Labute approximate surface area is 95.4 Å². The zero-order valence-electron chi connectivity index (χ0n) is 8.26. The van der Waals surface area contributed by atoms with E-state index >= 15 is 0 Å². The minimum absolute atomic E-state index is 0.370. The fourth-order valence-electron chi connectivity index (χ4n) is 0.858. The average Bonchev–Trinajstić information content (AvgIpc) is 2.26. The highest BCUT2D eigenvalue weighted by molar-refractivity contribution is 9.11. The molecule has 0 aliphatic carbocycles. The monoisotopic (exact) mass is 277 g/mol. The first kappa shape index (κ1) is 11.5. The van der Waals surface area contributed by atoms with Crippen LogP contribution in [0.1, 0.15) is 30.4 Å². The van der Waals surface area contributed by atoms with E-state index in [9.17, 15) is 4.79 Å². The third-order valence-electron chi connectivity index (χ3n) is 1.32. The molecule has 0 aliphatic rings. The van der Waals surface area contributed by atoms with Crippen LogP contribution in [0.2, 0.25) is 0 Å². The molecule has 0 radical (unpaired) electrons. The Morgan fingerprint density at radius 1 is 1.57 bits per heavy atom. The van der Waals surface area contributed by atoms with Gasteiger partial charge in [-0.3, -0.25) is 0 Å². The molecule has 0 atom stereocenters. The van der Waals surface area contributed by atoms with Gasteiger partial charge in [-0.05, 0) is 42.8 Å². The molecule has 1 aromatic heterocycles. The van der Waals surface area contributed by atoms with Crippen molar-refractivity contribution in [3.8, 4) is 0 Å². The van der Waals surface area contributed by atoms with Gasteiger partial charge in [0.1, 0.15) is 10.5 Å². The topological polar surface area (TPSA) is 52.3 Å². The molecule has 0 saturated heterocycles. The number of halogens is 1. The molecule has 0 saturated carbocycles. The lowest BCUT2D eigenvalue weighted by molar-refractivity contribution is 0.00764. The lowest BCUT2D eigenvalue weighted by Crippen LogP contribution is -2.23. The van der Waals surface area contributed by atoms with Gasteiger partial charge in [-0.15, -0.1) is 11.3 Å². The summed E-state index contributed by atoms with van der Waals surface area (Å²) in [4.78, 5) is 12.0. The quantitative estimate of drug-likeness (QED) is 0.803. The second-order valence-electron chi connectivity index (χ2n) is 3.84. The molecule has 5 heteroatoms. The number of hydrogen-bond acceptors (Lipinski definition) is 4.